The monoisotopic (exact) mass is 236 g/mol. The largest absolute Gasteiger partial charge is 0.471 e. The van der Waals surface area contributed by atoms with Crippen molar-refractivity contribution < 1.29 is 22.5 Å². The van der Waals surface area contributed by atoms with E-state index >= 15 is 0 Å². The Kier molecular flexibility index (Phi) is 3.25. The summed E-state index contributed by atoms with van der Waals surface area (Å²) < 4.78 is 41.1. The van der Waals surface area contributed by atoms with Crippen molar-refractivity contribution >= 4 is 5.91 Å². The average molecular weight is 236 g/mol. The first kappa shape index (κ1) is 12.5. The van der Waals surface area contributed by atoms with Crippen LogP contribution in [0, 0.1) is 13.8 Å². The molecule has 0 atom stereocenters. The molecule has 0 saturated heterocycles. The van der Waals surface area contributed by atoms with Crippen molar-refractivity contribution in [2.75, 3.05) is 7.05 Å². The Bertz CT molecular complexity index is 378. The summed E-state index contributed by atoms with van der Waals surface area (Å²) in [5.74, 6) is -1.47. The third kappa shape index (κ3) is 2.53. The van der Waals surface area contributed by atoms with E-state index in [-0.39, 0.29) is 6.54 Å². The highest BCUT2D eigenvalue weighted by molar-refractivity contribution is 5.81. The number of hydrogen-bond donors (Lipinski definition) is 0. The molecule has 0 bridgehead atoms. The standard InChI is InChI=1S/C9H11F3N2O2/c1-5-7(6(2)16-13-5)4-14(3)8(15)9(10,11)12/h4H2,1-3H3. The predicted octanol–water partition coefficient (Wildman–Crippen LogP) is 1.81. The summed E-state index contributed by atoms with van der Waals surface area (Å²) in [6, 6.07) is 0. The van der Waals surface area contributed by atoms with Crippen LogP contribution in [-0.2, 0) is 11.3 Å². The number of hydrogen-bond acceptors (Lipinski definition) is 3. The summed E-state index contributed by atoms with van der Waals surface area (Å²) in [5, 5.41) is 3.60. The highest BCUT2D eigenvalue weighted by atomic mass is 19.4. The van der Waals surface area contributed by atoms with Gasteiger partial charge in [-0.15, -0.1) is 0 Å². The van der Waals surface area contributed by atoms with Crippen molar-refractivity contribution in [2.45, 2.75) is 26.6 Å². The molecule has 0 fully saturated rings. The fraction of sp³-hybridized carbons (Fsp3) is 0.556. The molecule has 1 heterocycles. The molecule has 0 aliphatic rings. The van der Waals surface area contributed by atoms with Gasteiger partial charge in [0.15, 0.2) is 0 Å². The molecule has 0 spiro atoms. The number of aromatic nitrogens is 1. The molecule has 0 aliphatic heterocycles. The van der Waals surface area contributed by atoms with Crippen LogP contribution in [0.25, 0.3) is 0 Å². The first-order chi connectivity index (χ1) is 7.23. The van der Waals surface area contributed by atoms with Gasteiger partial charge in [-0.1, -0.05) is 5.16 Å². The molecule has 7 heteroatoms. The second-order valence-electron chi connectivity index (χ2n) is 3.46. The van der Waals surface area contributed by atoms with Gasteiger partial charge in [0, 0.05) is 12.6 Å². The molecule has 1 rings (SSSR count). The van der Waals surface area contributed by atoms with Gasteiger partial charge in [-0.2, -0.15) is 13.2 Å². The highest BCUT2D eigenvalue weighted by Gasteiger charge is 2.41. The molecular weight excluding hydrogens is 225 g/mol. The van der Waals surface area contributed by atoms with E-state index in [0.29, 0.717) is 21.9 Å². The summed E-state index contributed by atoms with van der Waals surface area (Å²) in [4.78, 5) is 11.5. The lowest BCUT2D eigenvalue weighted by Gasteiger charge is -2.18. The lowest BCUT2D eigenvalue weighted by atomic mass is 10.2. The Balaban J connectivity index is 2.80. The third-order valence-corrected chi connectivity index (χ3v) is 2.17. The molecule has 1 aromatic rings. The number of amides is 1. The fourth-order valence-electron chi connectivity index (χ4n) is 1.25. The first-order valence-corrected chi connectivity index (χ1v) is 4.47. The van der Waals surface area contributed by atoms with Crippen LogP contribution in [0.15, 0.2) is 4.52 Å². The van der Waals surface area contributed by atoms with Crippen LogP contribution in [-0.4, -0.2) is 29.2 Å². The zero-order chi connectivity index (χ0) is 12.5. The Hall–Kier alpha value is -1.53. The van der Waals surface area contributed by atoms with Crippen LogP contribution < -0.4 is 0 Å². The van der Waals surface area contributed by atoms with Crippen molar-refractivity contribution in [1.82, 2.24) is 10.1 Å². The smallest absolute Gasteiger partial charge is 0.361 e. The molecule has 1 aromatic heterocycles. The molecule has 4 nitrogen and oxygen atoms in total. The van der Waals surface area contributed by atoms with Gasteiger partial charge in [-0.05, 0) is 13.8 Å². The van der Waals surface area contributed by atoms with Gasteiger partial charge in [0.2, 0.25) is 0 Å². The maximum atomic E-state index is 12.1. The number of carbonyl (C=O) groups is 1. The summed E-state index contributed by atoms with van der Waals surface area (Å²) in [5.41, 5.74) is 0.986. The van der Waals surface area contributed by atoms with E-state index in [2.05, 4.69) is 5.16 Å². The molecule has 0 radical (unpaired) electrons. The van der Waals surface area contributed by atoms with Crippen molar-refractivity contribution in [1.29, 1.82) is 0 Å². The second kappa shape index (κ2) is 4.15. The van der Waals surface area contributed by atoms with E-state index in [1.807, 2.05) is 0 Å². The van der Waals surface area contributed by atoms with E-state index in [9.17, 15) is 18.0 Å². The Labute approximate surface area is 90.0 Å². The number of aryl methyl sites for hydroxylation is 2. The maximum Gasteiger partial charge on any atom is 0.471 e. The summed E-state index contributed by atoms with van der Waals surface area (Å²) in [6.45, 7) is 3.03. The fourth-order valence-corrected chi connectivity index (χ4v) is 1.25. The van der Waals surface area contributed by atoms with Crippen LogP contribution in [0.4, 0.5) is 13.2 Å². The normalized spacial score (nSPS) is 11.6. The highest BCUT2D eigenvalue weighted by Crippen LogP contribution is 2.20. The topological polar surface area (TPSA) is 46.3 Å². The molecular formula is C9H11F3N2O2. The first-order valence-electron chi connectivity index (χ1n) is 4.47. The SMILES string of the molecule is Cc1noc(C)c1CN(C)C(=O)C(F)(F)F. The number of carbonyl (C=O) groups excluding carboxylic acids is 1. The van der Waals surface area contributed by atoms with Gasteiger partial charge in [-0.25, -0.2) is 0 Å². The number of nitrogens with zero attached hydrogens (tertiary/aromatic N) is 2. The Morgan fingerprint density at radius 2 is 2.00 bits per heavy atom. The summed E-state index contributed by atoms with van der Waals surface area (Å²) >= 11 is 0. The van der Waals surface area contributed by atoms with Crippen LogP contribution in [0.1, 0.15) is 17.0 Å². The van der Waals surface area contributed by atoms with E-state index in [0.717, 1.165) is 7.05 Å². The van der Waals surface area contributed by atoms with E-state index in [1.165, 1.54) is 0 Å². The quantitative estimate of drug-likeness (QED) is 0.786. The van der Waals surface area contributed by atoms with Gasteiger partial charge in [0.05, 0.1) is 12.2 Å². The zero-order valence-corrected chi connectivity index (χ0v) is 9.05. The van der Waals surface area contributed by atoms with Gasteiger partial charge in [0.25, 0.3) is 0 Å². The van der Waals surface area contributed by atoms with Crippen molar-refractivity contribution in [3.8, 4) is 0 Å². The molecule has 16 heavy (non-hydrogen) atoms. The van der Waals surface area contributed by atoms with Gasteiger partial charge >= 0.3 is 12.1 Å². The minimum atomic E-state index is -4.85. The minimum absolute atomic E-state index is 0.167. The van der Waals surface area contributed by atoms with E-state index in [1.54, 1.807) is 13.8 Å². The third-order valence-electron chi connectivity index (χ3n) is 2.17. The molecule has 0 unspecified atom stereocenters. The van der Waals surface area contributed by atoms with Crippen LogP contribution in [0.3, 0.4) is 0 Å². The predicted molar refractivity (Wildman–Crippen MR) is 48.5 cm³/mol. The molecule has 90 valence electrons. The van der Waals surface area contributed by atoms with Gasteiger partial charge in [-0.3, -0.25) is 4.79 Å². The van der Waals surface area contributed by atoms with Crippen molar-refractivity contribution in [3.63, 3.8) is 0 Å². The minimum Gasteiger partial charge on any atom is -0.361 e. The van der Waals surface area contributed by atoms with Crippen LogP contribution >= 0.6 is 0 Å². The number of rotatable bonds is 2. The maximum absolute atomic E-state index is 12.1. The van der Waals surface area contributed by atoms with Gasteiger partial charge < -0.3 is 9.42 Å². The summed E-state index contributed by atoms with van der Waals surface area (Å²) in [6.07, 6.45) is -4.85. The lowest BCUT2D eigenvalue weighted by Crippen LogP contribution is -2.38. The molecule has 0 aliphatic carbocycles. The molecule has 1 amide bonds. The average Bonchev–Trinajstić information content (AvgIpc) is 2.46. The van der Waals surface area contributed by atoms with E-state index < -0.39 is 12.1 Å². The summed E-state index contributed by atoms with van der Waals surface area (Å²) in [7, 11) is 1.09. The van der Waals surface area contributed by atoms with Crippen molar-refractivity contribution in [2.24, 2.45) is 0 Å². The zero-order valence-electron chi connectivity index (χ0n) is 9.05. The Morgan fingerprint density at radius 3 is 2.38 bits per heavy atom. The number of alkyl halides is 3. The lowest BCUT2D eigenvalue weighted by molar-refractivity contribution is -0.184. The van der Waals surface area contributed by atoms with Crippen LogP contribution in [0.5, 0.6) is 0 Å². The van der Waals surface area contributed by atoms with Crippen LogP contribution in [0.2, 0.25) is 0 Å². The Morgan fingerprint density at radius 1 is 1.44 bits per heavy atom. The molecule has 0 N–H and O–H groups in total. The van der Waals surface area contributed by atoms with Crippen molar-refractivity contribution in [3.05, 3.63) is 17.0 Å². The van der Waals surface area contributed by atoms with Gasteiger partial charge in [0.1, 0.15) is 5.76 Å². The number of halogens is 3. The molecule has 0 aromatic carbocycles. The van der Waals surface area contributed by atoms with E-state index in [4.69, 9.17) is 4.52 Å². The second-order valence-corrected chi connectivity index (χ2v) is 3.46. The molecule has 0 saturated carbocycles.